The summed E-state index contributed by atoms with van der Waals surface area (Å²) >= 11 is 0. The van der Waals surface area contributed by atoms with E-state index in [0.29, 0.717) is 5.56 Å². The van der Waals surface area contributed by atoms with Crippen LogP contribution in [0, 0.1) is 13.0 Å². The summed E-state index contributed by atoms with van der Waals surface area (Å²) in [5.41, 5.74) is 9.59. The molecule has 1 aromatic carbocycles. The SMILES string of the molecule is CC1=CC[C-]=C1.C[Si]C.Cc1cccc(C([NH-])=O)c1.[Cl-].[Cl-].[Zr+4]. The van der Waals surface area contributed by atoms with Gasteiger partial charge in [-0.3, -0.25) is 6.08 Å². The zero-order valence-electron chi connectivity index (χ0n) is 13.3. The zero-order valence-corrected chi connectivity index (χ0v) is 18.3. The summed E-state index contributed by atoms with van der Waals surface area (Å²) in [5, 5.41) is 0. The molecule has 0 spiro atoms. The van der Waals surface area contributed by atoms with Crippen molar-refractivity contribution in [3.8, 4) is 0 Å². The number of halogens is 2. The summed E-state index contributed by atoms with van der Waals surface area (Å²) in [6.07, 6.45) is 8.24. The van der Waals surface area contributed by atoms with Gasteiger partial charge in [0.25, 0.3) is 0 Å². The van der Waals surface area contributed by atoms with Crippen molar-refractivity contribution in [2.24, 2.45) is 0 Å². The van der Waals surface area contributed by atoms with Crippen LogP contribution in [0.15, 0.2) is 42.0 Å². The molecule has 0 saturated heterocycles. The average Bonchev–Trinajstić information content (AvgIpc) is 2.82. The molecule has 0 unspecified atom stereocenters. The fourth-order valence-electron chi connectivity index (χ4n) is 1.29. The van der Waals surface area contributed by atoms with Gasteiger partial charge in [0.1, 0.15) is 0 Å². The standard InChI is InChI=1S/C8H9NO.C6H7.C2H6Si.2ClH.Zr/c1-6-3-2-4-7(5-6)8(9)10;1-6-4-2-3-5-6;1-3-2;;;/h2-5H,1H3,(H2,9,10);4-5H,2H2,1H3;1-2H3;2*1H;/q;-1;;;;+4/p-3. The Labute approximate surface area is 168 Å². The Balaban J connectivity index is -0.000000118. The fourth-order valence-corrected chi connectivity index (χ4v) is 1.29. The summed E-state index contributed by atoms with van der Waals surface area (Å²) in [6, 6.07) is 7.02. The molecule has 0 aliphatic heterocycles. The van der Waals surface area contributed by atoms with Crippen molar-refractivity contribution in [3.05, 3.63) is 64.9 Å². The minimum Gasteiger partial charge on any atom is -1.00 e. The Hall–Kier alpha value is -0.150. The van der Waals surface area contributed by atoms with Crippen LogP contribution in [0.2, 0.25) is 13.1 Å². The third-order valence-corrected chi connectivity index (χ3v) is 2.15. The van der Waals surface area contributed by atoms with E-state index in [1.807, 2.05) is 19.1 Å². The van der Waals surface area contributed by atoms with Gasteiger partial charge < -0.3 is 35.3 Å². The van der Waals surface area contributed by atoms with Crippen molar-refractivity contribution < 1.29 is 55.8 Å². The molecule has 0 heterocycles. The van der Waals surface area contributed by atoms with Crippen molar-refractivity contribution >= 4 is 15.4 Å². The molecule has 2 nitrogen and oxygen atoms in total. The van der Waals surface area contributed by atoms with Gasteiger partial charge in [0.2, 0.25) is 0 Å². The number of carbonyl (C=O) groups is 1. The van der Waals surface area contributed by atoms with Gasteiger partial charge >= 0.3 is 26.2 Å². The second-order valence-corrected chi connectivity index (χ2v) is 5.20. The first-order valence-corrected chi connectivity index (χ1v) is 8.15. The predicted molar refractivity (Wildman–Crippen MR) is 83.5 cm³/mol. The molecule has 0 bridgehead atoms. The summed E-state index contributed by atoms with van der Waals surface area (Å²) in [7, 11) is 1.08. The molecule has 2 radical (unpaired) electrons. The van der Waals surface area contributed by atoms with E-state index >= 15 is 0 Å². The van der Waals surface area contributed by atoms with Crippen LogP contribution in [0.5, 0.6) is 0 Å². The number of nitrogens with one attached hydrogen (secondary N) is 1. The summed E-state index contributed by atoms with van der Waals surface area (Å²) in [4.78, 5) is 10.5. The van der Waals surface area contributed by atoms with Crippen LogP contribution < -0.4 is 24.8 Å². The summed E-state index contributed by atoms with van der Waals surface area (Å²) in [6.45, 7) is 8.28. The van der Waals surface area contributed by atoms with E-state index in [9.17, 15) is 4.79 Å². The maximum atomic E-state index is 10.5. The van der Waals surface area contributed by atoms with E-state index in [-0.39, 0.29) is 51.0 Å². The van der Waals surface area contributed by atoms with Gasteiger partial charge in [-0.1, -0.05) is 42.9 Å². The fraction of sp³-hybridized carbons (Fsp3) is 0.312. The maximum absolute atomic E-state index is 10.5. The monoisotopic (exact) mass is 431 g/mol. The molecule has 1 aliphatic carbocycles. The van der Waals surface area contributed by atoms with Crippen LogP contribution in [-0.4, -0.2) is 15.4 Å². The van der Waals surface area contributed by atoms with E-state index in [1.54, 1.807) is 18.2 Å². The third kappa shape index (κ3) is 16.2. The number of amides is 1. The minimum absolute atomic E-state index is 0. The van der Waals surface area contributed by atoms with Crippen molar-refractivity contribution in [3.63, 3.8) is 0 Å². The molecule has 118 valence electrons. The van der Waals surface area contributed by atoms with Crippen LogP contribution in [-0.2, 0) is 26.2 Å². The van der Waals surface area contributed by atoms with Crippen LogP contribution in [0.3, 0.4) is 0 Å². The Kier molecular flexibility index (Phi) is 25.6. The van der Waals surface area contributed by atoms with Crippen LogP contribution in [0.1, 0.15) is 29.3 Å². The van der Waals surface area contributed by atoms with Gasteiger partial charge in [-0.15, -0.1) is 13.3 Å². The van der Waals surface area contributed by atoms with E-state index in [1.165, 1.54) is 5.57 Å². The zero-order chi connectivity index (χ0) is 14.7. The number of rotatable bonds is 1. The number of allylic oxidation sites excluding steroid dienone is 4. The molecular weight excluding hydrogens is 412 g/mol. The first kappa shape index (κ1) is 29.8. The summed E-state index contributed by atoms with van der Waals surface area (Å²) in [5.74, 6) is -0.622. The quantitative estimate of drug-likeness (QED) is 0.400. The van der Waals surface area contributed by atoms with E-state index < -0.39 is 5.91 Å². The second-order valence-electron chi connectivity index (χ2n) is 4.20. The Morgan fingerprint density at radius 2 is 1.77 bits per heavy atom. The number of aryl methyl sites for hydroxylation is 1. The van der Waals surface area contributed by atoms with Gasteiger partial charge in [-0.2, -0.15) is 6.08 Å². The van der Waals surface area contributed by atoms with Gasteiger partial charge in [-0.05, 0) is 12.5 Å². The Morgan fingerprint density at radius 3 is 2.00 bits per heavy atom. The van der Waals surface area contributed by atoms with Crippen LogP contribution in [0.4, 0.5) is 0 Å². The molecule has 2 rings (SSSR count). The van der Waals surface area contributed by atoms with Gasteiger partial charge in [0.15, 0.2) is 0 Å². The second kappa shape index (κ2) is 18.9. The molecule has 0 atom stereocenters. The van der Waals surface area contributed by atoms with Gasteiger partial charge in [-0.25, -0.2) is 11.6 Å². The summed E-state index contributed by atoms with van der Waals surface area (Å²) < 4.78 is 0. The molecule has 1 aromatic rings. The predicted octanol–water partition coefficient (Wildman–Crippen LogP) is -1.32. The van der Waals surface area contributed by atoms with Crippen molar-refractivity contribution in [2.75, 3.05) is 0 Å². The van der Waals surface area contributed by atoms with Crippen molar-refractivity contribution in [2.45, 2.75) is 33.4 Å². The molecule has 1 N–H and O–H groups in total. The van der Waals surface area contributed by atoms with Crippen molar-refractivity contribution in [1.29, 1.82) is 0 Å². The molecule has 0 aromatic heterocycles. The number of carbonyl (C=O) groups excluding carboxylic acids is 1. The van der Waals surface area contributed by atoms with Gasteiger partial charge in [0, 0.05) is 9.52 Å². The van der Waals surface area contributed by atoms with E-state index in [4.69, 9.17) is 5.73 Å². The number of benzene rings is 1. The van der Waals surface area contributed by atoms with Gasteiger partial charge in [0.05, 0.1) is 5.91 Å². The first-order chi connectivity index (χ1) is 9.01. The molecular formula is C16H21Cl2NOSiZr. The Bertz CT molecular complexity index is 462. The largest absolute Gasteiger partial charge is 4.00 e. The molecule has 6 heteroatoms. The molecule has 1 aliphatic rings. The van der Waals surface area contributed by atoms with E-state index in [2.05, 4.69) is 32.2 Å². The molecule has 0 saturated carbocycles. The average molecular weight is 434 g/mol. The normalized spacial score (nSPS) is 10.1. The first-order valence-electron chi connectivity index (χ1n) is 6.15. The minimum atomic E-state index is -0.622. The smallest absolute Gasteiger partial charge is 1.00 e. The Morgan fingerprint density at radius 1 is 1.23 bits per heavy atom. The number of hydrogen-bond donors (Lipinski definition) is 0. The third-order valence-electron chi connectivity index (χ3n) is 2.15. The molecule has 0 fully saturated rings. The molecule has 1 amide bonds. The van der Waals surface area contributed by atoms with Crippen LogP contribution >= 0.6 is 0 Å². The molecule has 22 heavy (non-hydrogen) atoms. The van der Waals surface area contributed by atoms with Crippen LogP contribution in [0.25, 0.3) is 5.73 Å². The maximum Gasteiger partial charge on any atom is 4.00 e. The van der Waals surface area contributed by atoms with Crippen molar-refractivity contribution in [1.82, 2.24) is 0 Å². The number of hydrogen-bond acceptors (Lipinski definition) is 1. The van der Waals surface area contributed by atoms with E-state index in [0.717, 1.165) is 21.5 Å². The topological polar surface area (TPSA) is 40.9 Å².